The number of hydrogen-bond acceptors (Lipinski definition) is 3. The summed E-state index contributed by atoms with van der Waals surface area (Å²) in [5, 5.41) is 9.06. The van der Waals surface area contributed by atoms with Crippen molar-refractivity contribution in [1.82, 2.24) is 0 Å². The van der Waals surface area contributed by atoms with E-state index in [0.717, 1.165) is 5.56 Å². The predicted molar refractivity (Wildman–Crippen MR) is 50.3 cm³/mol. The molecule has 0 bridgehead atoms. The molecule has 0 aromatic heterocycles. The van der Waals surface area contributed by atoms with Gasteiger partial charge in [0.05, 0.1) is 0 Å². The van der Waals surface area contributed by atoms with Crippen molar-refractivity contribution in [2.45, 2.75) is 19.6 Å². The van der Waals surface area contributed by atoms with Crippen LogP contribution in [-0.2, 0) is 6.54 Å². The molecule has 70 valence electrons. The number of aliphatic hydroxyl groups is 1. The maximum atomic E-state index is 11.3. The molecule has 3 N–H and O–H groups in total. The molecule has 1 rings (SSSR count). The molecule has 13 heavy (non-hydrogen) atoms. The molecular formula is C10H13NO2. The molecule has 0 aliphatic heterocycles. The lowest BCUT2D eigenvalue weighted by Gasteiger charge is -2.04. The number of carbonyl (C=O) groups excluding carboxylic acids is 1. The summed E-state index contributed by atoms with van der Waals surface area (Å²) in [5.74, 6) is -0.268. The fourth-order valence-electron chi connectivity index (χ4n) is 1.09. The van der Waals surface area contributed by atoms with Crippen molar-refractivity contribution in [2.24, 2.45) is 5.73 Å². The summed E-state index contributed by atoms with van der Waals surface area (Å²) in [5.41, 5.74) is 6.83. The van der Waals surface area contributed by atoms with E-state index in [2.05, 4.69) is 0 Å². The highest BCUT2D eigenvalue weighted by molar-refractivity contribution is 5.99. The number of aliphatic hydroxyl groups excluding tert-OH is 1. The molecule has 0 fully saturated rings. The second-order valence-electron chi connectivity index (χ2n) is 2.94. The fourth-order valence-corrected chi connectivity index (χ4v) is 1.09. The Hall–Kier alpha value is -1.19. The first-order chi connectivity index (χ1) is 6.15. The van der Waals surface area contributed by atoms with E-state index >= 15 is 0 Å². The van der Waals surface area contributed by atoms with Gasteiger partial charge in [-0.3, -0.25) is 4.79 Å². The fraction of sp³-hybridized carbons (Fsp3) is 0.300. The third-order valence-electron chi connectivity index (χ3n) is 1.83. The molecule has 0 saturated heterocycles. The highest BCUT2D eigenvalue weighted by Crippen LogP contribution is 2.07. The van der Waals surface area contributed by atoms with Crippen LogP contribution in [0.15, 0.2) is 24.3 Å². The van der Waals surface area contributed by atoms with Crippen molar-refractivity contribution in [2.75, 3.05) is 0 Å². The molecular weight excluding hydrogens is 166 g/mol. The van der Waals surface area contributed by atoms with Crippen LogP contribution in [0.25, 0.3) is 0 Å². The molecule has 0 radical (unpaired) electrons. The van der Waals surface area contributed by atoms with Crippen LogP contribution in [0.5, 0.6) is 0 Å². The van der Waals surface area contributed by atoms with Gasteiger partial charge in [0.1, 0.15) is 6.10 Å². The summed E-state index contributed by atoms with van der Waals surface area (Å²) in [7, 11) is 0. The second kappa shape index (κ2) is 4.16. The average Bonchev–Trinajstić information content (AvgIpc) is 2.16. The minimum absolute atomic E-state index is 0.268. The quantitative estimate of drug-likeness (QED) is 0.672. The van der Waals surface area contributed by atoms with Crippen molar-refractivity contribution >= 4 is 5.78 Å². The van der Waals surface area contributed by atoms with Gasteiger partial charge in [-0.05, 0) is 18.6 Å². The summed E-state index contributed by atoms with van der Waals surface area (Å²) in [4.78, 5) is 11.3. The molecule has 0 aliphatic rings. The molecule has 0 heterocycles. The van der Waals surface area contributed by atoms with Crippen LogP contribution in [0, 0.1) is 0 Å². The Balaban J connectivity index is 2.95. The lowest BCUT2D eigenvalue weighted by molar-refractivity contribution is 0.0779. The number of carbonyl (C=O) groups is 1. The Morgan fingerprint density at radius 3 is 2.85 bits per heavy atom. The summed E-state index contributed by atoms with van der Waals surface area (Å²) in [6, 6.07) is 6.99. The number of ketones is 1. The highest BCUT2D eigenvalue weighted by atomic mass is 16.3. The van der Waals surface area contributed by atoms with E-state index in [1.54, 1.807) is 18.2 Å². The predicted octanol–water partition coefficient (Wildman–Crippen LogP) is 0.709. The molecule has 0 amide bonds. The first-order valence-electron chi connectivity index (χ1n) is 4.16. The topological polar surface area (TPSA) is 63.3 Å². The summed E-state index contributed by atoms with van der Waals surface area (Å²) < 4.78 is 0. The summed E-state index contributed by atoms with van der Waals surface area (Å²) in [6.45, 7) is 1.86. The van der Waals surface area contributed by atoms with E-state index in [-0.39, 0.29) is 5.78 Å². The van der Waals surface area contributed by atoms with Crippen molar-refractivity contribution in [3.63, 3.8) is 0 Å². The molecule has 3 nitrogen and oxygen atoms in total. The molecule has 0 saturated carbocycles. The smallest absolute Gasteiger partial charge is 0.190 e. The molecule has 0 aliphatic carbocycles. The van der Waals surface area contributed by atoms with Crippen LogP contribution in [0.2, 0.25) is 0 Å². The van der Waals surface area contributed by atoms with Gasteiger partial charge in [-0.25, -0.2) is 0 Å². The number of hydrogen-bond donors (Lipinski definition) is 2. The number of rotatable bonds is 3. The zero-order chi connectivity index (χ0) is 9.84. The van der Waals surface area contributed by atoms with Gasteiger partial charge in [-0.2, -0.15) is 0 Å². The molecule has 1 aromatic rings. The molecule has 3 heteroatoms. The Kier molecular flexibility index (Phi) is 3.17. The van der Waals surface area contributed by atoms with Gasteiger partial charge in [-0.15, -0.1) is 0 Å². The summed E-state index contributed by atoms with van der Waals surface area (Å²) >= 11 is 0. The Morgan fingerprint density at radius 2 is 2.31 bits per heavy atom. The van der Waals surface area contributed by atoms with E-state index in [4.69, 9.17) is 10.8 Å². The molecule has 1 atom stereocenters. The van der Waals surface area contributed by atoms with Gasteiger partial charge in [0.15, 0.2) is 5.78 Å². The zero-order valence-electron chi connectivity index (χ0n) is 7.53. The van der Waals surface area contributed by atoms with E-state index in [1.807, 2.05) is 6.07 Å². The lowest BCUT2D eigenvalue weighted by Crippen LogP contribution is -2.16. The maximum absolute atomic E-state index is 11.3. The molecule has 1 aromatic carbocycles. The van der Waals surface area contributed by atoms with Crippen LogP contribution in [-0.4, -0.2) is 17.0 Å². The average molecular weight is 179 g/mol. The second-order valence-corrected chi connectivity index (χ2v) is 2.94. The Morgan fingerprint density at radius 1 is 1.62 bits per heavy atom. The zero-order valence-corrected chi connectivity index (χ0v) is 7.53. The first kappa shape index (κ1) is 9.89. The SMILES string of the molecule is CC(O)C(=O)c1cccc(CN)c1. The van der Waals surface area contributed by atoms with Gasteiger partial charge in [0, 0.05) is 12.1 Å². The van der Waals surface area contributed by atoms with Gasteiger partial charge in [0.25, 0.3) is 0 Å². The van der Waals surface area contributed by atoms with E-state index in [0.29, 0.717) is 12.1 Å². The van der Waals surface area contributed by atoms with Gasteiger partial charge in [0.2, 0.25) is 0 Å². The van der Waals surface area contributed by atoms with Crippen LogP contribution >= 0.6 is 0 Å². The van der Waals surface area contributed by atoms with Gasteiger partial charge >= 0.3 is 0 Å². The third-order valence-corrected chi connectivity index (χ3v) is 1.83. The third kappa shape index (κ3) is 2.37. The number of Topliss-reactive ketones (excluding diaryl/α,β-unsaturated/α-hetero) is 1. The normalized spacial score (nSPS) is 12.5. The van der Waals surface area contributed by atoms with Crippen molar-refractivity contribution < 1.29 is 9.90 Å². The maximum Gasteiger partial charge on any atom is 0.190 e. The van der Waals surface area contributed by atoms with Gasteiger partial charge < -0.3 is 10.8 Å². The van der Waals surface area contributed by atoms with Crippen LogP contribution in [0.1, 0.15) is 22.8 Å². The molecule has 1 unspecified atom stereocenters. The first-order valence-corrected chi connectivity index (χ1v) is 4.16. The van der Waals surface area contributed by atoms with E-state index < -0.39 is 6.10 Å². The van der Waals surface area contributed by atoms with E-state index in [1.165, 1.54) is 6.92 Å². The monoisotopic (exact) mass is 179 g/mol. The van der Waals surface area contributed by atoms with Crippen LogP contribution in [0.3, 0.4) is 0 Å². The van der Waals surface area contributed by atoms with E-state index in [9.17, 15) is 4.79 Å². The van der Waals surface area contributed by atoms with Crippen LogP contribution < -0.4 is 5.73 Å². The highest BCUT2D eigenvalue weighted by Gasteiger charge is 2.11. The minimum Gasteiger partial charge on any atom is -0.385 e. The Labute approximate surface area is 77.2 Å². The minimum atomic E-state index is -0.951. The number of nitrogens with two attached hydrogens (primary N) is 1. The largest absolute Gasteiger partial charge is 0.385 e. The Bertz CT molecular complexity index is 308. The van der Waals surface area contributed by atoms with Gasteiger partial charge in [-0.1, -0.05) is 18.2 Å². The van der Waals surface area contributed by atoms with Crippen molar-refractivity contribution in [1.29, 1.82) is 0 Å². The van der Waals surface area contributed by atoms with Crippen molar-refractivity contribution in [3.8, 4) is 0 Å². The van der Waals surface area contributed by atoms with Crippen molar-refractivity contribution in [3.05, 3.63) is 35.4 Å². The number of benzene rings is 1. The molecule has 0 spiro atoms. The van der Waals surface area contributed by atoms with Crippen LogP contribution in [0.4, 0.5) is 0 Å². The standard InChI is InChI=1S/C10H13NO2/c1-7(12)10(13)9-4-2-3-8(5-9)6-11/h2-5,7,12H,6,11H2,1H3. The summed E-state index contributed by atoms with van der Waals surface area (Å²) in [6.07, 6.45) is -0.951. The lowest BCUT2D eigenvalue weighted by atomic mass is 10.0.